The molecule has 0 bridgehead atoms. The topological polar surface area (TPSA) is 52.3 Å². The number of carbonyl (C=O) groups excluding carboxylic acids is 1. The lowest BCUT2D eigenvalue weighted by Gasteiger charge is -2.08. The monoisotopic (exact) mass is 277 g/mol. The van der Waals surface area contributed by atoms with Crippen molar-refractivity contribution in [2.75, 3.05) is 12.8 Å². The van der Waals surface area contributed by atoms with Gasteiger partial charge in [-0.15, -0.1) is 0 Å². The average molecular weight is 277 g/mol. The van der Waals surface area contributed by atoms with Crippen LogP contribution in [0.2, 0.25) is 0 Å². The van der Waals surface area contributed by atoms with Gasteiger partial charge in [-0.3, -0.25) is 4.79 Å². The summed E-state index contributed by atoms with van der Waals surface area (Å²) in [7, 11) is 1.57. The van der Waals surface area contributed by atoms with E-state index in [4.69, 9.17) is 10.5 Å². The zero-order valence-corrected chi connectivity index (χ0v) is 11.7. The SMILES string of the molecule is COc1ccc(N)c(C(=O)c2ccc3ccccc3c2)c1. The van der Waals surface area contributed by atoms with Crippen LogP contribution in [0.25, 0.3) is 10.8 Å². The molecule has 3 heteroatoms. The van der Waals surface area contributed by atoms with Crippen molar-refractivity contribution < 1.29 is 9.53 Å². The summed E-state index contributed by atoms with van der Waals surface area (Å²) in [5.41, 5.74) is 7.45. The largest absolute Gasteiger partial charge is 0.497 e. The highest BCUT2D eigenvalue weighted by Crippen LogP contribution is 2.24. The van der Waals surface area contributed by atoms with E-state index in [9.17, 15) is 4.79 Å². The van der Waals surface area contributed by atoms with E-state index in [-0.39, 0.29) is 5.78 Å². The molecule has 0 unspecified atom stereocenters. The minimum absolute atomic E-state index is 0.0999. The van der Waals surface area contributed by atoms with Crippen molar-refractivity contribution in [1.82, 2.24) is 0 Å². The number of carbonyl (C=O) groups is 1. The third kappa shape index (κ3) is 2.46. The summed E-state index contributed by atoms with van der Waals surface area (Å²) in [6.45, 7) is 0. The molecule has 0 radical (unpaired) electrons. The smallest absolute Gasteiger partial charge is 0.195 e. The number of hydrogen-bond acceptors (Lipinski definition) is 3. The fraction of sp³-hybridized carbons (Fsp3) is 0.0556. The van der Waals surface area contributed by atoms with Gasteiger partial charge in [0.1, 0.15) is 5.75 Å². The van der Waals surface area contributed by atoms with Crippen LogP contribution in [0.15, 0.2) is 60.7 Å². The minimum Gasteiger partial charge on any atom is -0.497 e. The Morgan fingerprint density at radius 3 is 2.48 bits per heavy atom. The van der Waals surface area contributed by atoms with Crippen LogP contribution in [-0.2, 0) is 0 Å². The fourth-order valence-corrected chi connectivity index (χ4v) is 2.35. The summed E-state index contributed by atoms with van der Waals surface area (Å²) in [5, 5.41) is 2.14. The molecular formula is C18H15NO2. The second-order valence-electron chi connectivity index (χ2n) is 4.84. The van der Waals surface area contributed by atoms with E-state index in [0.29, 0.717) is 22.6 Å². The highest BCUT2D eigenvalue weighted by atomic mass is 16.5. The minimum atomic E-state index is -0.0999. The third-order valence-corrected chi connectivity index (χ3v) is 3.52. The van der Waals surface area contributed by atoms with Gasteiger partial charge < -0.3 is 10.5 Å². The summed E-state index contributed by atoms with van der Waals surface area (Å²) < 4.78 is 5.16. The van der Waals surface area contributed by atoms with Crippen molar-refractivity contribution in [3.63, 3.8) is 0 Å². The lowest BCUT2D eigenvalue weighted by atomic mass is 9.99. The van der Waals surface area contributed by atoms with Gasteiger partial charge in [0, 0.05) is 16.8 Å². The Hall–Kier alpha value is -2.81. The second kappa shape index (κ2) is 5.29. The van der Waals surface area contributed by atoms with Crippen LogP contribution >= 0.6 is 0 Å². The molecule has 0 aromatic heterocycles. The lowest BCUT2D eigenvalue weighted by Crippen LogP contribution is -2.05. The van der Waals surface area contributed by atoms with Gasteiger partial charge in [0.05, 0.1) is 7.11 Å². The Kier molecular flexibility index (Phi) is 3.32. The van der Waals surface area contributed by atoms with Crippen molar-refractivity contribution in [3.8, 4) is 5.75 Å². The predicted octanol–water partition coefficient (Wildman–Crippen LogP) is 3.66. The Bertz CT molecular complexity index is 824. The highest BCUT2D eigenvalue weighted by molar-refractivity contribution is 6.13. The molecule has 3 aromatic rings. The van der Waals surface area contributed by atoms with Crippen molar-refractivity contribution in [3.05, 3.63) is 71.8 Å². The Morgan fingerprint density at radius 2 is 1.71 bits per heavy atom. The van der Waals surface area contributed by atoms with Gasteiger partial charge in [-0.1, -0.05) is 36.4 Å². The molecule has 104 valence electrons. The maximum Gasteiger partial charge on any atom is 0.195 e. The molecule has 0 saturated carbocycles. The number of ether oxygens (including phenoxy) is 1. The number of hydrogen-bond donors (Lipinski definition) is 1. The molecule has 21 heavy (non-hydrogen) atoms. The molecular weight excluding hydrogens is 262 g/mol. The molecule has 0 spiro atoms. The van der Waals surface area contributed by atoms with Crippen LogP contribution in [-0.4, -0.2) is 12.9 Å². The zero-order chi connectivity index (χ0) is 14.8. The van der Waals surface area contributed by atoms with Gasteiger partial charge in [0.25, 0.3) is 0 Å². The Morgan fingerprint density at radius 1 is 0.952 bits per heavy atom. The maximum absolute atomic E-state index is 12.6. The summed E-state index contributed by atoms with van der Waals surface area (Å²) in [6, 6.07) is 18.7. The molecule has 0 saturated heterocycles. The molecule has 0 fully saturated rings. The standard InChI is InChI=1S/C18H15NO2/c1-21-15-8-9-17(19)16(11-15)18(20)14-7-6-12-4-2-3-5-13(12)10-14/h2-11H,19H2,1H3. The first-order valence-electron chi connectivity index (χ1n) is 6.66. The molecule has 0 aliphatic heterocycles. The quantitative estimate of drug-likeness (QED) is 0.587. The van der Waals surface area contributed by atoms with E-state index in [1.54, 1.807) is 25.3 Å². The zero-order valence-electron chi connectivity index (χ0n) is 11.7. The predicted molar refractivity (Wildman–Crippen MR) is 84.8 cm³/mol. The molecule has 0 aliphatic rings. The van der Waals surface area contributed by atoms with E-state index < -0.39 is 0 Å². The van der Waals surface area contributed by atoms with Crippen LogP contribution in [0, 0.1) is 0 Å². The number of nitrogens with two attached hydrogens (primary N) is 1. The molecule has 0 aliphatic carbocycles. The highest BCUT2D eigenvalue weighted by Gasteiger charge is 2.14. The van der Waals surface area contributed by atoms with E-state index >= 15 is 0 Å². The van der Waals surface area contributed by atoms with Gasteiger partial charge in [-0.2, -0.15) is 0 Å². The molecule has 0 atom stereocenters. The second-order valence-corrected chi connectivity index (χ2v) is 4.84. The molecule has 3 rings (SSSR count). The van der Waals surface area contributed by atoms with E-state index in [2.05, 4.69) is 0 Å². The molecule has 0 amide bonds. The number of methoxy groups -OCH3 is 1. The van der Waals surface area contributed by atoms with Gasteiger partial charge in [0.15, 0.2) is 5.78 Å². The number of ketones is 1. The van der Waals surface area contributed by atoms with Crippen molar-refractivity contribution in [2.24, 2.45) is 0 Å². The summed E-state index contributed by atoms with van der Waals surface area (Å²) in [4.78, 5) is 12.6. The van der Waals surface area contributed by atoms with Crippen LogP contribution in [0.3, 0.4) is 0 Å². The third-order valence-electron chi connectivity index (χ3n) is 3.52. The Balaban J connectivity index is 2.07. The molecule has 3 aromatic carbocycles. The number of benzene rings is 3. The lowest BCUT2D eigenvalue weighted by molar-refractivity contribution is 0.103. The molecule has 3 nitrogen and oxygen atoms in total. The number of nitrogen functional groups attached to an aromatic ring is 1. The average Bonchev–Trinajstić information content (AvgIpc) is 2.54. The molecule has 0 heterocycles. The first kappa shape index (κ1) is 13.2. The summed E-state index contributed by atoms with van der Waals surface area (Å²) >= 11 is 0. The van der Waals surface area contributed by atoms with Crippen LogP contribution in [0.4, 0.5) is 5.69 Å². The maximum atomic E-state index is 12.6. The van der Waals surface area contributed by atoms with Crippen LogP contribution in [0.5, 0.6) is 5.75 Å². The summed E-state index contributed by atoms with van der Waals surface area (Å²) in [5.74, 6) is 0.519. The normalized spacial score (nSPS) is 10.5. The van der Waals surface area contributed by atoms with Gasteiger partial charge >= 0.3 is 0 Å². The fourth-order valence-electron chi connectivity index (χ4n) is 2.35. The van der Waals surface area contributed by atoms with Gasteiger partial charge in [0.2, 0.25) is 0 Å². The van der Waals surface area contributed by atoms with Crippen LogP contribution < -0.4 is 10.5 Å². The summed E-state index contributed by atoms with van der Waals surface area (Å²) in [6.07, 6.45) is 0. The number of rotatable bonds is 3. The van der Waals surface area contributed by atoms with Crippen molar-refractivity contribution in [1.29, 1.82) is 0 Å². The van der Waals surface area contributed by atoms with E-state index in [0.717, 1.165) is 10.8 Å². The van der Waals surface area contributed by atoms with E-state index in [1.165, 1.54) is 0 Å². The number of anilines is 1. The van der Waals surface area contributed by atoms with Gasteiger partial charge in [-0.05, 0) is 35.0 Å². The molecule has 2 N–H and O–H groups in total. The van der Waals surface area contributed by atoms with E-state index in [1.807, 2.05) is 42.5 Å². The number of fused-ring (bicyclic) bond motifs is 1. The van der Waals surface area contributed by atoms with Crippen molar-refractivity contribution in [2.45, 2.75) is 0 Å². The Labute approximate surface area is 123 Å². The first-order valence-corrected chi connectivity index (χ1v) is 6.66. The van der Waals surface area contributed by atoms with Crippen molar-refractivity contribution >= 4 is 22.2 Å². The van der Waals surface area contributed by atoms with Gasteiger partial charge in [-0.25, -0.2) is 0 Å². The van der Waals surface area contributed by atoms with Crippen LogP contribution in [0.1, 0.15) is 15.9 Å². The first-order chi connectivity index (χ1) is 10.2.